The summed E-state index contributed by atoms with van der Waals surface area (Å²) in [5.74, 6) is -0.919. The molecule has 0 saturated heterocycles. The Morgan fingerprint density at radius 3 is 0.901 bits per heavy atom. The van der Waals surface area contributed by atoms with Crippen molar-refractivity contribution in [2.24, 2.45) is 0 Å². The molecule has 1 unspecified atom stereocenters. The second kappa shape index (κ2) is 59.4. The zero-order valence-electron chi connectivity index (χ0n) is 47.0. The highest BCUT2D eigenvalue weighted by atomic mass is 16.6. The zero-order valence-corrected chi connectivity index (χ0v) is 47.0. The molecule has 0 aliphatic carbocycles. The van der Waals surface area contributed by atoms with Gasteiger partial charge in [-0.25, -0.2) is 0 Å². The fourth-order valence-corrected chi connectivity index (χ4v) is 8.60. The molecule has 0 spiro atoms. The van der Waals surface area contributed by atoms with Gasteiger partial charge in [0.2, 0.25) is 0 Å². The molecule has 0 aliphatic rings. The van der Waals surface area contributed by atoms with Crippen LogP contribution in [0.2, 0.25) is 0 Å². The minimum absolute atomic E-state index is 0.0885. The van der Waals surface area contributed by atoms with E-state index in [0.717, 1.165) is 96.3 Å². The number of hydrogen-bond acceptors (Lipinski definition) is 6. The molecule has 1 atom stereocenters. The van der Waals surface area contributed by atoms with Gasteiger partial charge in [0, 0.05) is 19.3 Å². The van der Waals surface area contributed by atoms with Crippen LogP contribution in [-0.2, 0) is 28.6 Å². The number of carbonyl (C=O) groups is 3. The third-order valence-corrected chi connectivity index (χ3v) is 13.2. The molecule has 0 bridgehead atoms. The first-order chi connectivity index (χ1) is 35.0. The molecule has 0 aromatic carbocycles. The molecule has 0 aromatic heterocycles. The van der Waals surface area contributed by atoms with Gasteiger partial charge in [-0.1, -0.05) is 248 Å². The second-order valence-corrected chi connectivity index (χ2v) is 20.2. The van der Waals surface area contributed by atoms with E-state index >= 15 is 0 Å². The lowest BCUT2D eigenvalue weighted by atomic mass is 10.0. The van der Waals surface area contributed by atoms with Crippen LogP contribution in [0.1, 0.15) is 303 Å². The maximum absolute atomic E-state index is 12.8. The van der Waals surface area contributed by atoms with Crippen LogP contribution in [0.25, 0.3) is 0 Å². The number of carbonyl (C=O) groups excluding carboxylic acids is 3. The molecule has 0 aliphatic heterocycles. The number of ether oxygens (including phenoxy) is 3. The van der Waals surface area contributed by atoms with Crippen molar-refractivity contribution in [2.75, 3.05) is 13.2 Å². The zero-order chi connectivity index (χ0) is 51.4. The normalized spacial score (nSPS) is 12.5. The number of rotatable bonds is 55. The first-order valence-corrected chi connectivity index (χ1v) is 30.4. The van der Waals surface area contributed by atoms with Crippen LogP contribution in [0.5, 0.6) is 0 Å². The van der Waals surface area contributed by atoms with Crippen molar-refractivity contribution in [3.05, 3.63) is 72.9 Å². The number of unbranched alkanes of at least 4 members (excludes halogenated alkanes) is 32. The van der Waals surface area contributed by atoms with Crippen molar-refractivity contribution in [3.63, 3.8) is 0 Å². The highest BCUT2D eigenvalue weighted by Gasteiger charge is 2.19. The predicted molar refractivity (Wildman–Crippen MR) is 307 cm³/mol. The van der Waals surface area contributed by atoms with Crippen molar-refractivity contribution in [2.45, 2.75) is 309 Å². The number of hydrogen-bond donors (Lipinski definition) is 0. The summed E-state index contributed by atoms with van der Waals surface area (Å²) in [5.41, 5.74) is 0. The Morgan fingerprint density at radius 2 is 0.549 bits per heavy atom. The van der Waals surface area contributed by atoms with Gasteiger partial charge < -0.3 is 14.2 Å². The molecule has 0 saturated carbocycles. The number of esters is 3. The lowest BCUT2D eigenvalue weighted by molar-refractivity contribution is -0.167. The summed E-state index contributed by atoms with van der Waals surface area (Å²) >= 11 is 0. The quantitative estimate of drug-likeness (QED) is 0.0261. The monoisotopic (exact) mass is 991 g/mol. The number of allylic oxidation sites excluding steroid dienone is 12. The summed E-state index contributed by atoms with van der Waals surface area (Å²) in [7, 11) is 0. The van der Waals surface area contributed by atoms with Crippen LogP contribution in [-0.4, -0.2) is 37.2 Å². The molecule has 0 N–H and O–H groups in total. The van der Waals surface area contributed by atoms with Gasteiger partial charge in [0.1, 0.15) is 13.2 Å². The smallest absolute Gasteiger partial charge is 0.306 e. The van der Waals surface area contributed by atoms with Crippen LogP contribution >= 0.6 is 0 Å². The summed E-state index contributed by atoms with van der Waals surface area (Å²) in [6.07, 6.45) is 76.3. The first-order valence-electron chi connectivity index (χ1n) is 30.4. The van der Waals surface area contributed by atoms with Gasteiger partial charge in [-0.15, -0.1) is 0 Å². The van der Waals surface area contributed by atoms with Crippen molar-refractivity contribution in [1.29, 1.82) is 0 Å². The third-order valence-electron chi connectivity index (χ3n) is 13.2. The summed E-state index contributed by atoms with van der Waals surface area (Å²) in [5, 5.41) is 0. The molecule has 0 heterocycles. The largest absolute Gasteiger partial charge is 0.462 e. The topological polar surface area (TPSA) is 78.9 Å². The average molecular weight is 992 g/mol. The van der Waals surface area contributed by atoms with Crippen molar-refractivity contribution in [3.8, 4) is 0 Å². The molecule has 410 valence electrons. The van der Waals surface area contributed by atoms with Gasteiger partial charge in [-0.3, -0.25) is 14.4 Å². The van der Waals surface area contributed by atoms with Crippen molar-refractivity contribution < 1.29 is 28.6 Å². The molecule has 0 aromatic rings. The molecule has 0 fully saturated rings. The minimum Gasteiger partial charge on any atom is -0.462 e. The van der Waals surface area contributed by atoms with Crippen LogP contribution in [0, 0.1) is 0 Å². The lowest BCUT2D eigenvalue weighted by Crippen LogP contribution is -2.30. The Labute approximate surface area is 440 Å². The van der Waals surface area contributed by atoms with Gasteiger partial charge in [0.25, 0.3) is 0 Å². The van der Waals surface area contributed by atoms with Gasteiger partial charge in [-0.2, -0.15) is 0 Å². The Balaban J connectivity index is 4.22. The minimum atomic E-state index is -0.793. The standard InChI is InChI=1S/C65H114O6/c1-4-7-10-13-16-19-22-25-26-27-28-29-30-31-32-33-34-35-36-37-38-41-43-46-49-52-55-58-64(67)70-61-62(71-65(68)59-56-53-50-47-44-40-24-21-18-15-12-9-6-3)60-69-63(66)57-54-51-48-45-42-39-23-20-17-14-11-8-5-2/h9,12,18,20-23,25,27-28,40,44,62H,4-8,10-11,13-17,19,24,26,29-39,41-43,45-61H2,1-3H3/b12-9-,21-18-,23-20-,25-22-,28-27-,44-40-. The second-order valence-electron chi connectivity index (χ2n) is 20.2. The highest BCUT2D eigenvalue weighted by molar-refractivity contribution is 5.71. The van der Waals surface area contributed by atoms with E-state index < -0.39 is 6.10 Å². The fraction of sp³-hybridized carbons (Fsp3) is 0.769. The van der Waals surface area contributed by atoms with Crippen molar-refractivity contribution >= 4 is 17.9 Å². The summed E-state index contributed by atoms with van der Waals surface area (Å²) in [6, 6.07) is 0. The third kappa shape index (κ3) is 57.6. The van der Waals surface area contributed by atoms with Crippen LogP contribution in [0.15, 0.2) is 72.9 Å². The van der Waals surface area contributed by atoms with E-state index in [1.807, 2.05) is 0 Å². The molecule has 0 rings (SSSR count). The maximum Gasteiger partial charge on any atom is 0.306 e. The van der Waals surface area contributed by atoms with E-state index in [-0.39, 0.29) is 31.1 Å². The maximum atomic E-state index is 12.8. The lowest BCUT2D eigenvalue weighted by Gasteiger charge is -2.18. The Morgan fingerprint density at radius 1 is 0.296 bits per heavy atom. The predicted octanol–water partition coefficient (Wildman–Crippen LogP) is 20.5. The Bertz CT molecular complexity index is 1320. The molecule has 0 radical (unpaired) electrons. The summed E-state index contributed by atoms with van der Waals surface area (Å²) < 4.78 is 16.8. The van der Waals surface area contributed by atoms with Crippen LogP contribution in [0.4, 0.5) is 0 Å². The average Bonchev–Trinajstić information content (AvgIpc) is 3.37. The fourth-order valence-electron chi connectivity index (χ4n) is 8.60. The van der Waals surface area contributed by atoms with Crippen molar-refractivity contribution in [1.82, 2.24) is 0 Å². The van der Waals surface area contributed by atoms with Gasteiger partial charge in [0.15, 0.2) is 6.10 Å². The van der Waals surface area contributed by atoms with E-state index in [1.165, 1.54) is 167 Å². The van der Waals surface area contributed by atoms with E-state index in [2.05, 4.69) is 93.7 Å². The molecule has 6 nitrogen and oxygen atoms in total. The molecular formula is C65H114O6. The summed E-state index contributed by atoms with van der Waals surface area (Å²) in [4.78, 5) is 38.1. The van der Waals surface area contributed by atoms with Gasteiger partial charge >= 0.3 is 17.9 Å². The SMILES string of the molecule is CC/C=C\C/C=C\C/C=C\CCCCCC(=O)OC(COC(=O)CCCCCCC/C=C\CCCCCC)COC(=O)CCCCCCCCCCCCCCCCC/C=C\C/C=C\CCCCCCC. The van der Waals surface area contributed by atoms with E-state index in [1.54, 1.807) is 0 Å². The summed E-state index contributed by atoms with van der Waals surface area (Å²) in [6.45, 7) is 6.49. The van der Waals surface area contributed by atoms with E-state index in [0.29, 0.717) is 19.3 Å². The van der Waals surface area contributed by atoms with Crippen LogP contribution < -0.4 is 0 Å². The van der Waals surface area contributed by atoms with Gasteiger partial charge in [0.05, 0.1) is 0 Å². The molecular weight excluding hydrogens is 877 g/mol. The van der Waals surface area contributed by atoms with Crippen LogP contribution in [0.3, 0.4) is 0 Å². The molecule has 6 heteroatoms. The Kier molecular flexibility index (Phi) is 56.8. The molecule has 71 heavy (non-hydrogen) atoms. The first kappa shape index (κ1) is 67.8. The van der Waals surface area contributed by atoms with E-state index in [9.17, 15) is 14.4 Å². The van der Waals surface area contributed by atoms with Gasteiger partial charge in [-0.05, 0) is 109 Å². The van der Waals surface area contributed by atoms with E-state index in [4.69, 9.17) is 14.2 Å². The molecule has 0 amide bonds. The Hall–Kier alpha value is -3.15. The highest BCUT2D eigenvalue weighted by Crippen LogP contribution is 2.16.